The van der Waals surface area contributed by atoms with Gasteiger partial charge in [0, 0.05) is 47.8 Å². The fourth-order valence-electron chi connectivity index (χ4n) is 6.32. The fourth-order valence-corrected chi connectivity index (χ4v) is 6.32. The van der Waals surface area contributed by atoms with Gasteiger partial charge in [0.1, 0.15) is 0 Å². The maximum atomic E-state index is 6.34. The van der Waals surface area contributed by atoms with E-state index in [0.717, 1.165) is 66.4 Å². The van der Waals surface area contributed by atoms with Gasteiger partial charge in [-0.25, -0.2) is 9.97 Å². The van der Waals surface area contributed by atoms with Gasteiger partial charge in [0.05, 0.1) is 22.1 Å². The van der Waals surface area contributed by atoms with Crippen molar-refractivity contribution in [2.45, 2.75) is 0 Å². The van der Waals surface area contributed by atoms with Gasteiger partial charge >= 0.3 is 42.1 Å². The van der Waals surface area contributed by atoms with Gasteiger partial charge in [-0.2, -0.15) is 22.9 Å². The SMILES string of the molecule is [Pt+2].[Pt+2].[c-]1c(Oc2[c-]c3c(cc2)c2ccc(Oc4[c-]c(-c5ccc6ncccc6n5)ccc4)[c-]c2n3-c2ncccn2)cccc1-c1ccc2ncccc2n1. The monoisotopic (exact) mass is 1070 g/mol. The van der Waals surface area contributed by atoms with E-state index in [4.69, 9.17) is 19.4 Å². The molecule has 0 unspecified atom stereocenters. The second-order valence-electron chi connectivity index (χ2n) is 12.1. The molecule has 266 valence electrons. The number of hydrogen-bond donors (Lipinski definition) is 0. The number of benzene rings is 4. The van der Waals surface area contributed by atoms with Crippen molar-refractivity contribution in [3.05, 3.63) is 164 Å². The number of hydrogen-bond acceptors (Lipinski definition) is 8. The molecule has 0 radical (unpaired) electrons. The van der Waals surface area contributed by atoms with Crippen molar-refractivity contribution >= 4 is 43.9 Å². The molecule has 6 heterocycles. The summed E-state index contributed by atoms with van der Waals surface area (Å²) >= 11 is 0. The molecule has 0 fully saturated rings. The van der Waals surface area contributed by atoms with Crippen LogP contribution in [0.1, 0.15) is 0 Å². The van der Waals surface area contributed by atoms with Crippen LogP contribution in [0, 0.1) is 24.3 Å². The average molecular weight is 1070 g/mol. The Hall–Kier alpha value is -6.14. The minimum absolute atomic E-state index is 0. The van der Waals surface area contributed by atoms with Crippen molar-refractivity contribution in [2.75, 3.05) is 0 Å². The van der Waals surface area contributed by atoms with E-state index in [1.54, 1.807) is 30.9 Å². The normalized spacial score (nSPS) is 11.0. The van der Waals surface area contributed by atoms with Crippen molar-refractivity contribution in [1.29, 1.82) is 0 Å². The molecule has 55 heavy (non-hydrogen) atoms. The molecule has 0 bridgehead atoms. The third-order valence-corrected chi connectivity index (χ3v) is 8.73. The van der Waals surface area contributed by atoms with Crippen LogP contribution in [0.5, 0.6) is 23.0 Å². The van der Waals surface area contributed by atoms with E-state index in [1.807, 2.05) is 114 Å². The summed E-state index contributed by atoms with van der Waals surface area (Å²) in [6.07, 6.45) is 6.92. The molecule has 0 aliphatic carbocycles. The van der Waals surface area contributed by atoms with E-state index >= 15 is 0 Å². The zero-order valence-corrected chi connectivity index (χ0v) is 32.9. The van der Waals surface area contributed by atoms with Gasteiger partial charge in [-0.15, -0.1) is 71.8 Å². The van der Waals surface area contributed by atoms with Crippen LogP contribution in [0.15, 0.2) is 140 Å². The molecule has 0 spiro atoms. The standard InChI is InChI=1S/C44H23N7O2.2Pt/c1-6-28(36-16-18-38-40(49-36)10-3-20-45-38)24-30(8-1)52-32-12-14-34-35-15-13-33(27-43(35)51(42(34)26-32)44-47-22-5-23-48-44)53-31-9-2-7-29(25-31)37-17-19-39-41(50-37)11-4-21-46-39;;/h1-23H;;/q-4;2*+2. The quantitative estimate of drug-likeness (QED) is 0.146. The molecule has 0 N–H and O–H groups in total. The molecule has 0 aliphatic heterocycles. The van der Waals surface area contributed by atoms with Crippen LogP contribution in [0.2, 0.25) is 0 Å². The zero-order chi connectivity index (χ0) is 35.1. The summed E-state index contributed by atoms with van der Waals surface area (Å²) in [4.78, 5) is 27.4. The summed E-state index contributed by atoms with van der Waals surface area (Å²) in [7, 11) is 0. The number of nitrogens with zero attached hydrogens (tertiary/aromatic N) is 7. The number of rotatable bonds is 7. The van der Waals surface area contributed by atoms with Crippen LogP contribution < -0.4 is 9.47 Å². The first-order valence-electron chi connectivity index (χ1n) is 16.8. The van der Waals surface area contributed by atoms with Crippen LogP contribution in [-0.2, 0) is 42.1 Å². The third kappa shape index (κ3) is 7.01. The van der Waals surface area contributed by atoms with Gasteiger partial charge in [0.25, 0.3) is 0 Å². The molecule has 11 heteroatoms. The minimum Gasteiger partial charge on any atom is -0.503 e. The molecule has 4 aromatic carbocycles. The molecule has 10 aromatic rings. The Morgan fingerprint density at radius 2 is 0.873 bits per heavy atom. The molecule has 0 saturated heterocycles. The molecule has 6 aromatic heterocycles. The number of pyridine rings is 4. The molecule has 0 atom stereocenters. The molecule has 0 saturated carbocycles. The maximum absolute atomic E-state index is 6.34. The van der Waals surface area contributed by atoms with Crippen LogP contribution in [0.25, 0.3) is 72.3 Å². The Balaban J connectivity index is 0.00000214. The first-order chi connectivity index (χ1) is 26.2. The summed E-state index contributed by atoms with van der Waals surface area (Å²) < 4.78 is 14.6. The van der Waals surface area contributed by atoms with Gasteiger partial charge in [-0.3, -0.25) is 19.9 Å². The van der Waals surface area contributed by atoms with Crippen molar-refractivity contribution in [3.8, 4) is 51.5 Å². The Bertz CT molecular complexity index is 2810. The first-order valence-corrected chi connectivity index (χ1v) is 16.8. The molecule has 9 nitrogen and oxygen atoms in total. The van der Waals surface area contributed by atoms with Crippen molar-refractivity contribution < 1.29 is 51.6 Å². The Morgan fingerprint density at radius 1 is 0.400 bits per heavy atom. The predicted molar refractivity (Wildman–Crippen MR) is 202 cm³/mol. The second-order valence-corrected chi connectivity index (χ2v) is 12.1. The van der Waals surface area contributed by atoms with E-state index in [0.29, 0.717) is 28.9 Å². The summed E-state index contributed by atoms with van der Waals surface area (Å²) in [5.41, 5.74) is 7.90. The van der Waals surface area contributed by atoms with E-state index in [-0.39, 0.29) is 42.1 Å². The predicted octanol–water partition coefficient (Wildman–Crippen LogP) is 9.57. The molecular weight excluding hydrogens is 1050 g/mol. The van der Waals surface area contributed by atoms with E-state index < -0.39 is 0 Å². The second kappa shape index (κ2) is 15.3. The number of fused-ring (bicyclic) bond motifs is 5. The summed E-state index contributed by atoms with van der Waals surface area (Å²) in [5, 5.41) is 1.86. The summed E-state index contributed by atoms with van der Waals surface area (Å²) in [5.74, 6) is 2.53. The smallest absolute Gasteiger partial charge is 0.503 e. The van der Waals surface area contributed by atoms with E-state index in [2.05, 4.69) is 44.2 Å². The zero-order valence-electron chi connectivity index (χ0n) is 28.4. The summed E-state index contributed by atoms with van der Waals surface area (Å²) in [6, 6.07) is 50.1. The Labute approximate surface area is 343 Å². The number of ether oxygens (including phenoxy) is 2. The largest absolute Gasteiger partial charge is 2.00 e. The van der Waals surface area contributed by atoms with E-state index in [1.165, 1.54) is 0 Å². The van der Waals surface area contributed by atoms with Gasteiger partial charge < -0.3 is 14.0 Å². The molecule has 0 amide bonds. The molecule has 0 aliphatic rings. The third-order valence-electron chi connectivity index (χ3n) is 8.73. The number of aromatic nitrogens is 7. The van der Waals surface area contributed by atoms with Gasteiger partial charge in [0.15, 0.2) is 0 Å². The van der Waals surface area contributed by atoms with Gasteiger partial charge in [-0.1, -0.05) is 35.3 Å². The van der Waals surface area contributed by atoms with Gasteiger partial charge in [-0.05, 0) is 53.9 Å². The molecular formula is C44H23N7O2Pt2. The van der Waals surface area contributed by atoms with Crippen LogP contribution in [0.4, 0.5) is 0 Å². The topological polar surface area (TPSA) is 101 Å². The summed E-state index contributed by atoms with van der Waals surface area (Å²) in [6.45, 7) is 0. The first kappa shape index (κ1) is 35.9. The fraction of sp³-hybridized carbons (Fsp3) is 0. The van der Waals surface area contributed by atoms with Crippen LogP contribution in [0.3, 0.4) is 0 Å². The van der Waals surface area contributed by atoms with Crippen LogP contribution in [-0.4, -0.2) is 34.5 Å². The Morgan fingerprint density at radius 3 is 1.38 bits per heavy atom. The maximum Gasteiger partial charge on any atom is 2.00 e. The van der Waals surface area contributed by atoms with Crippen molar-refractivity contribution in [2.24, 2.45) is 0 Å². The van der Waals surface area contributed by atoms with Crippen molar-refractivity contribution in [3.63, 3.8) is 0 Å². The van der Waals surface area contributed by atoms with Gasteiger partial charge in [0.2, 0.25) is 5.95 Å². The average Bonchev–Trinajstić information content (AvgIpc) is 3.53. The van der Waals surface area contributed by atoms with Crippen LogP contribution >= 0.6 is 0 Å². The minimum atomic E-state index is 0. The Kier molecular flexibility index (Phi) is 9.98. The molecule has 10 rings (SSSR count). The van der Waals surface area contributed by atoms with Crippen molar-refractivity contribution in [1.82, 2.24) is 34.5 Å². The van der Waals surface area contributed by atoms with E-state index in [9.17, 15) is 0 Å².